The van der Waals surface area contributed by atoms with Crippen LogP contribution in [0, 0.1) is 0 Å². The van der Waals surface area contributed by atoms with Crippen molar-refractivity contribution in [1.29, 1.82) is 0 Å². The fourth-order valence-electron chi connectivity index (χ4n) is 1.18. The molecule has 2 N–H and O–H groups in total. The van der Waals surface area contributed by atoms with Crippen molar-refractivity contribution in [3.63, 3.8) is 0 Å². The highest BCUT2D eigenvalue weighted by atomic mass is 35.5. The highest BCUT2D eigenvalue weighted by Crippen LogP contribution is 2.30. The number of hydrogen-bond donors (Lipinski definition) is 2. The van der Waals surface area contributed by atoms with Crippen molar-refractivity contribution in [1.82, 2.24) is 0 Å². The van der Waals surface area contributed by atoms with E-state index in [-0.39, 0.29) is 5.76 Å². The van der Waals surface area contributed by atoms with E-state index < -0.39 is 22.9 Å². The van der Waals surface area contributed by atoms with Crippen molar-refractivity contribution >= 4 is 17.4 Å². The predicted octanol–water partition coefficient (Wildman–Crippen LogP) is -0.181. The van der Waals surface area contributed by atoms with Crippen molar-refractivity contribution in [3.8, 4) is 0 Å². The van der Waals surface area contributed by atoms with Gasteiger partial charge in [-0.2, -0.15) is 0 Å². The summed E-state index contributed by atoms with van der Waals surface area (Å²) in [5.41, 5.74) is -1.68. The molecule has 1 rings (SSSR count). The minimum absolute atomic E-state index is 0.0342. The molecule has 4 nitrogen and oxygen atoms in total. The molecule has 0 aromatic carbocycles. The summed E-state index contributed by atoms with van der Waals surface area (Å²) in [4.78, 5) is 11.2. The molecular formula is C8H11ClO4. The standard InChI is InChI=1S/C8H11ClO4/c1-8(12)6(9)4(10)3-5(13-2)7(8)11/h3,6-7,11-12H,1-2H3/t6-,7-,8+/m0/s1. The minimum atomic E-state index is -1.68. The van der Waals surface area contributed by atoms with E-state index in [1.165, 1.54) is 14.0 Å². The van der Waals surface area contributed by atoms with Crippen molar-refractivity contribution in [3.05, 3.63) is 11.8 Å². The first-order valence-corrected chi connectivity index (χ1v) is 4.19. The van der Waals surface area contributed by atoms with Crippen molar-refractivity contribution < 1.29 is 19.7 Å². The maximum Gasteiger partial charge on any atom is 0.179 e. The Morgan fingerprint density at radius 2 is 2.23 bits per heavy atom. The number of ether oxygens (including phenoxy) is 1. The van der Waals surface area contributed by atoms with Crippen LogP contribution in [-0.2, 0) is 9.53 Å². The van der Waals surface area contributed by atoms with Gasteiger partial charge in [-0.05, 0) is 6.92 Å². The van der Waals surface area contributed by atoms with Gasteiger partial charge < -0.3 is 14.9 Å². The van der Waals surface area contributed by atoms with Crippen LogP contribution in [0.25, 0.3) is 0 Å². The normalized spacial score (nSPS) is 40.1. The zero-order valence-electron chi connectivity index (χ0n) is 7.32. The molecule has 0 aromatic heterocycles. The quantitative estimate of drug-likeness (QED) is 0.584. The maximum absolute atomic E-state index is 11.2. The molecule has 74 valence electrons. The van der Waals surface area contributed by atoms with Crippen LogP contribution in [0.1, 0.15) is 6.92 Å². The number of halogens is 1. The Labute approximate surface area is 80.8 Å². The van der Waals surface area contributed by atoms with E-state index in [0.717, 1.165) is 6.08 Å². The molecule has 0 radical (unpaired) electrons. The summed E-state index contributed by atoms with van der Waals surface area (Å²) in [6.07, 6.45) is -0.168. The number of aliphatic hydroxyl groups excluding tert-OH is 1. The van der Waals surface area contributed by atoms with Gasteiger partial charge in [0, 0.05) is 6.08 Å². The van der Waals surface area contributed by atoms with Gasteiger partial charge in [0.2, 0.25) is 0 Å². The molecule has 0 amide bonds. The lowest BCUT2D eigenvalue weighted by atomic mass is 9.86. The molecule has 0 heterocycles. The summed E-state index contributed by atoms with van der Waals surface area (Å²) in [6, 6.07) is 0. The number of methoxy groups -OCH3 is 1. The van der Waals surface area contributed by atoms with E-state index >= 15 is 0 Å². The van der Waals surface area contributed by atoms with E-state index in [4.69, 9.17) is 16.3 Å². The lowest BCUT2D eigenvalue weighted by Gasteiger charge is -2.35. The van der Waals surface area contributed by atoms with E-state index in [1.54, 1.807) is 0 Å². The first kappa shape index (κ1) is 10.5. The molecule has 0 spiro atoms. The van der Waals surface area contributed by atoms with Crippen molar-refractivity contribution in [2.45, 2.75) is 24.0 Å². The molecular weight excluding hydrogens is 196 g/mol. The molecule has 0 saturated carbocycles. The smallest absolute Gasteiger partial charge is 0.179 e. The van der Waals surface area contributed by atoms with Crippen LogP contribution in [0.3, 0.4) is 0 Å². The molecule has 3 atom stereocenters. The molecule has 0 aliphatic heterocycles. The van der Waals surface area contributed by atoms with Gasteiger partial charge in [0.1, 0.15) is 22.8 Å². The first-order chi connectivity index (χ1) is 5.91. The molecule has 0 saturated heterocycles. The maximum atomic E-state index is 11.2. The van der Waals surface area contributed by atoms with Crippen LogP contribution in [0.5, 0.6) is 0 Å². The number of ketones is 1. The number of hydrogen-bond acceptors (Lipinski definition) is 4. The van der Waals surface area contributed by atoms with Gasteiger partial charge in [-0.3, -0.25) is 4.79 Å². The Hall–Kier alpha value is -0.580. The summed E-state index contributed by atoms with van der Waals surface area (Å²) >= 11 is 5.62. The topological polar surface area (TPSA) is 66.8 Å². The molecule has 1 aliphatic carbocycles. The van der Waals surface area contributed by atoms with E-state index in [1.807, 2.05) is 0 Å². The molecule has 1 aliphatic rings. The summed E-state index contributed by atoms with van der Waals surface area (Å²) in [5, 5.41) is 18.0. The molecule has 0 fully saturated rings. The van der Waals surface area contributed by atoms with Crippen molar-refractivity contribution in [2.75, 3.05) is 7.11 Å². The Morgan fingerprint density at radius 3 is 2.69 bits per heavy atom. The summed E-state index contributed by atoms with van der Waals surface area (Å²) in [6.45, 7) is 1.29. The lowest BCUT2D eigenvalue weighted by Crippen LogP contribution is -2.54. The highest BCUT2D eigenvalue weighted by molar-refractivity contribution is 6.34. The van der Waals surface area contributed by atoms with Gasteiger partial charge in [-0.15, -0.1) is 11.6 Å². The van der Waals surface area contributed by atoms with E-state index in [0.29, 0.717) is 0 Å². The van der Waals surface area contributed by atoms with Gasteiger partial charge in [-0.1, -0.05) is 0 Å². The minimum Gasteiger partial charge on any atom is -0.498 e. The fourth-order valence-corrected chi connectivity index (χ4v) is 1.36. The number of carbonyl (C=O) groups is 1. The van der Waals surface area contributed by atoms with Crippen LogP contribution in [-0.4, -0.2) is 40.2 Å². The second kappa shape index (κ2) is 3.29. The van der Waals surface area contributed by atoms with Crippen LogP contribution in [0.4, 0.5) is 0 Å². The molecule has 0 unspecified atom stereocenters. The van der Waals surface area contributed by atoms with Crippen molar-refractivity contribution in [2.24, 2.45) is 0 Å². The van der Waals surface area contributed by atoms with Crippen LogP contribution in [0.2, 0.25) is 0 Å². The Morgan fingerprint density at radius 1 is 1.69 bits per heavy atom. The lowest BCUT2D eigenvalue weighted by molar-refractivity contribution is -0.127. The average Bonchev–Trinajstić information content (AvgIpc) is 2.09. The summed E-state index contributed by atoms with van der Waals surface area (Å²) < 4.78 is 4.73. The number of carbonyl (C=O) groups excluding carboxylic acids is 1. The molecule has 0 bridgehead atoms. The van der Waals surface area contributed by atoms with Gasteiger partial charge in [0.05, 0.1) is 7.11 Å². The van der Waals surface area contributed by atoms with Gasteiger partial charge >= 0.3 is 0 Å². The van der Waals surface area contributed by atoms with Gasteiger partial charge in [0.15, 0.2) is 5.78 Å². The third-order valence-electron chi connectivity index (χ3n) is 2.11. The van der Waals surface area contributed by atoms with E-state index in [2.05, 4.69) is 0 Å². The van der Waals surface area contributed by atoms with Crippen LogP contribution < -0.4 is 0 Å². The Kier molecular flexibility index (Phi) is 2.66. The number of alkyl halides is 1. The third kappa shape index (κ3) is 1.57. The predicted molar refractivity (Wildman–Crippen MR) is 46.4 cm³/mol. The van der Waals surface area contributed by atoms with E-state index in [9.17, 15) is 15.0 Å². The fraction of sp³-hybridized carbons (Fsp3) is 0.625. The Bertz CT molecular complexity index is 259. The zero-order chi connectivity index (χ0) is 10.2. The molecule has 0 aromatic rings. The second-order valence-electron chi connectivity index (χ2n) is 3.14. The summed E-state index contributed by atoms with van der Waals surface area (Å²) in [5.74, 6) is -0.430. The SMILES string of the molecule is COC1=CC(=O)[C@H](Cl)[C@@](C)(O)[C@H]1O. The van der Waals surface area contributed by atoms with Gasteiger partial charge in [0.25, 0.3) is 0 Å². The monoisotopic (exact) mass is 206 g/mol. The molecule has 5 heteroatoms. The highest BCUT2D eigenvalue weighted by Gasteiger charge is 2.47. The molecule has 13 heavy (non-hydrogen) atoms. The van der Waals surface area contributed by atoms with Gasteiger partial charge in [-0.25, -0.2) is 0 Å². The van der Waals surface area contributed by atoms with Crippen LogP contribution >= 0.6 is 11.6 Å². The zero-order valence-corrected chi connectivity index (χ0v) is 8.08. The Balaban J connectivity index is 3.08. The largest absolute Gasteiger partial charge is 0.498 e. The number of rotatable bonds is 1. The second-order valence-corrected chi connectivity index (χ2v) is 3.58. The first-order valence-electron chi connectivity index (χ1n) is 3.75. The summed E-state index contributed by atoms with van der Waals surface area (Å²) in [7, 11) is 1.31. The number of allylic oxidation sites excluding steroid dienone is 1. The van der Waals surface area contributed by atoms with Crippen LogP contribution in [0.15, 0.2) is 11.8 Å². The third-order valence-corrected chi connectivity index (χ3v) is 2.76. The number of aliphatic hydroxyl groups is 2. The average molecular weight is 207 g/mol.